The van der Waals surface area contributed by atoms with Gasteiger partial charge in [0.05, 0.1) is 18.2 Å². The summed E-state index contributed by atoms with van der Waals surface area (Å²) in [6.07, 6.45) is 3.27. The summed E-state index contributed by atoms with van der Waals surface area (Å²) in [5.41, 5.74) is 5.96. The number of hydrazone groups is 1. The average Bonchev–Trinajstić information content (AvgIpc) is 3.23. The van der Waals surface area contributed by atoms with Crippen molar-refractivity contribution in [2.24, 2.45) is 22.9 Å². The highest BCUT2D eigenvalue weighted by atomic mass is 35.5. The zero-order valence-corrected chi connectivity index (χ0v) is 41.4. The van der Waals surface area contributed by atoms with Gasteiger partial charge in [0.15, 0.2) is 0 Å². The van der Waals surface area contributed by atoms with Gasteiger partial charge in [-0.15, -0.1) is 0 Å². The molecule has 1 fully saturated rings. The van der Waals surface area contributed by atoms with E-state index in [1.165, 1.54) is 35.5 Å². The van der Waals surface area contributed by atoms with Gasteiger partial charge < -0.3 is 30.8 Å². The minimum Gasteiger partial charge on any atom is -0.543 e. The number of aromatic hydroxyl groups is 1. The molecule has 0 unspecified atom stereocenters. The Morgan fingerprint density at radius 3 is 2.30 bits per heavy atom. The molecule has 350 valence electrons. The number of thioether (sulfide) groups is 1. The van der Waals surface area contributed by atoms with Gasteiger partial charge in [-0.05, 0) is 105 Å². The normalized spacial score (nSPS) is 16.7. The molecule has 0 saturated heterocycles. The summed E-state index contributed by atoms with van der Waals surface area (Å²) in [5, 5.41) is 27.2. The fourth-order valence-corrected chi connectivity index (χ4v) is 9.44. The minimum absolute atomic E-state index is 0.0513. The molecule has 1 aliphatic rings. The first-order valence-electron chi connectivity index (χ1n) is 22.2. The molecule has 64 heavy (non-hydrogen) atoms. The Labute approximate surface area is 389 Å². The molecule has 4 rings (SSSR count). The number of rotatable bonds is 20. The second-order valence-corrected chi connectivity index (χ2v) is 24.7. The number of nitrogens with one attached hydrogen (secondary N) is 5. The third kappa shape index (κ3) is 15.8. The van der Waals surface area contributed by atoms with Crippen LogP contribution in [0.2, 0.25) is 23.2 Å². The monoisotopic (exact) mass is 938 g/mol. The number of hydrogen-bond donors (Lipinski definition) is 6. The molecular weight excluding hydrogens is 871 g/mol. The Kier molecular flexibility index (Phi) is 19.6. The first kappa shape index (κ1) is 52.0. The summed E-state index contributed by atoms with van der Waals surface area (Å²) in [4.78, 5) is 53.4. The van der Waals surface area contributed by atoms with E-state index in [2.05, 4.69) is 65.7 Å². The fraction of sp³-hybridized carbons (Fsp3) is 0.521. The van der Waals surface area contributed by atoms with Crippen molar-refractivity contribution in [2.45, 2.75) is 130 Å². The van der Waals surface area contributed by atoms with E-state index in [9.17, 15) is 28.7 Å². The van der Waals surface area contributed by atoms with Crippen molar-refractivity contribution >= 4 is 61.1 Å². The van der Waals surface area contributed by atoms with Gasteiger partial charge in [0, 0.05) is 46.7 Å². The number of urea groups is 1. The molecule has 3 aromatic rings. The van der Waals surface area contributed by atoms with Gasteiger partial charge in [0.2, 0.25) is 26.0 Å². The van der Waals surface area contributed by atoms with E-state index in [0.29, 0.717) is 47.1 Å². The Bertz CT molecular complexity index is 2070. The lowest BCUT2D eigenvalue weighted by atomic mass is 9.81. The Balaban J connectivity index is 1.38. The SMILES string of the molecule is CC[C@H](NC(=O)[C@@H](NC(=O)Cc1cc(O[Si](C)(C)C(C)(C)C)ccc1O)C(C)C)/C(CSCc1c(F)cccc1Cl)=N\NC(=O)NCC1CCC(C(=O)NCc2ccc(C)cc2)CC1. The fourth-order valence-electron chi connectivity index (χ4n) is 7.04. The lowest BCUT2D eigenvalue weighted by Gasteiger charge is -2.36. The summed E-state index contributed by atoms with van der Waals surface area (Å²) >= 11 is 7.63. The number of phenols is 1. The van der Waals surface area contributed by atoms with Crippen LogP contribution in [0.5, 0.6) is 11.5 Å². The quantitative estimate of drug-likeness (QED) is 0.0373. The maximum absolute atomic E-state index is 14.7. The number of hydrogen-bond acceptors (Lipinski definition) is 8. The van der Waals surface area contributed by atoms with Crippen LogP contribution in [-0.2, 0) is 33.1 Å². The van der Waals surface area contributed by atoms with Gasteiger partial charge in [-0.25, -0.2) is 14.6 Å². The zero-order chi connectivity index (χ0) is 47.2. The number of carbonyl (C=O) groups excluding carboxylic acids is 4. The van der Waals surface area contributed by atoms with Crippen LogP contribution in [0.1, 0.15) is 95.9 Å². The van der Waals surface area contributed by atoms with Crippen molar-refractivity contribution < 1.29 is 33.1 Å². The van der Waals surface area contributed by atoms with E-state index in [1.807, 2.05) is 52.0 Å². The van der Waals surface area contributed by atoms with Gasteiger partial charge in [0.1, 0.15) is 23.4 Å². The molecule has 2 atom stereocenters. The van der Waals surface area contributed by atoms with Crippen LogP contribution < -0.4 is 31.1 Å². The average molecular weight is 940 g/mol. The molecule has 0 spiro atoms. The first-order valence-corrected chi connectivity index (χ1v) is 26.7. The molecule has 0 aliphatic heterocycles. The van der Waals surface area contributed by atoms with Crippen LogP contribution in [0.3, 0.4) is 0 Å². The van der Waals surface area contributed by atoms with Crippen LogP contribution in [0, 0.1) is 30.5 Å². The molecule has 6 N–H and O–H groups in total. The number of carbonyl (C=O) groups is 4. The van der Waals surface area contributed by atoms with E-state index in [1.54, 1.807) is 18.2 Å². The van der Waals surface area contributed by atoms with Crippen LogP contribution >= 0.6 is 23.4 Å². The zero-order valence-electron chi connectivity index (χ0n) is 38.8. The largest absolute Gasteiger partial charge is 0.543 e. The summed E-state index contributed by atoms with van der Waals surface area (Å²) in [7, 11) is -2.19. The predicted octanol–water partition coefficient (Wildman–Crippen LogP) is 9.17. The lowest BCUT2D eigenvalue weighted by molar-refractivity contribution is -0.130. The van der Waals surface area contributed by atoms with E-state index in [-0.39, 0.29) is 52.4 Å². The third-order valence-electron chi connectivity index (χ3n) is 12.2. The molecule has 3 aromatic carbocycles. The highest BCUT2D eigenvalue weighted by molar-refractivity contribution is 7.99. The number of aryl methyl sites for hydroxylation is 1. The summed E-state index contributed by atoms with van der Waals surface area (Å²) < 4.78 is 21.1. The molecule has 0 radical (unpaired) electrons. The maximum atomic E-state index is 14.7. The summed E-state index contributed by atoms with van der Waals surface area (Å²) in [6, 6.07) is 15.3. The van der Waals surface area contributed by atoms with Gasteiger partial charge in [-0.2, -0.15) is 16.9 Å². The van der Waals surface area contributed by atoms with Gasteiger partial charge in [-0.1, -0.05) is 89.0 Å². The number of halogens is 2. The van der Waals surface area contributed by atoms with Crippen molar-refractivity contribution in [3.05, 3.63) is 93.8 Å². The minimum atomic E-state index is -2.19. The third-order valence-corrected chi connectivity index (χ3v) is 17.9. The number of nitrogens with zero attached hydrogens (tertiary/aromatic N) is 1. The van der Waals surface area contributed by atoms with E-state index in [4.69, 9.17) is 16.0 Å². The van der Waals surface area contributed by atoms with E-state index < -0.39 is 44.1 Å². The summed E-state index contributed by atoms with van der Waals surface area (Å²) in [6.45, 7) is 19.0. The van der Waals surface area contributed by atoms with Crippen molar-refractivity contribution in [2.75, 3.05) is 12.3 Å². The predicted molar refractivity (Wildman–Crippen MR) is 259 cm³/mol. The Morgan fingerprint density at radius 2 is 1.67 bits per heavy atom. The molecule has 5 amide bonds. The van der Waals surface area contributed by atoms with Crippen molar-refractivity contribution in [3.63, 3.8) is 0 Å². The van der Waals surface area contributed by atoms with Crippen LogP contribution in [0.25, 0.3) is 0 Å². The molecule has 1 aliphatic carbocycles. The smallest absolute Gasteiger partial charge is 0.335 e. The Hall–Kier alpha value is -4.60. The molecule has 12 nitrogen and oxygen atoms in total. The van der Waals surface area contributed by atoms with Gasteiger partial charge >= 0.3 is 6.03 Å². The first-order chi connectivity index (χ1) is 30.2. The molecule has 1 saturated carbocycles. The standard InChI is InChI=1S/C48H68ClFN6O6SSi/c1-10-40(53-46(60)44(30(2)3)54-43(58)25-35-24-36(22-23-42(35)57)62-64(8,9)48(5,6)7)41(29-63-28-37-38(49)12-11-13-39(37)50)55-56-47(61)52-27-33-18-20-34(21-19-33)45(59)51-26-32-16-14-31(4)15-17-32/h11-17,22-24,30,33-34,40,44,57H,10,18-21,25-29H2,1-9H3,(H,51,59)(H,53,60)(H,54,58)(H2,52,56,61)/b55-41-/t33?,34?,40-,44-/m0/s1. The number of phenolic OH excluding ortho intramolecular Hbond substituents is 1. The van der Waals surface area contributed by atoms with Crippen LogP contribution in [0.15, 0.2) is 65.8 Å². The van der Waals surface area contributed by atoms with Crippen molar-refractivity contribution in [1.82, 2.24) is 26.7 Å². The molecule has 0 aromatic heterocycles. The summed E-state index contributed by atoms with van der Waals surface area (Å²) in [5.74, 6) is -0.530. The van der Waals surface area contributed by atoms with E-state index in [0.717, 1.165) is 31.2 Å². The Morgan fingerprint density at radius 1 is 0.984 bits per heavy atom. The van der Waals surface area contributed by atoms with Crippen molar-refractivity contribution in [3.8, 4) is 11.5 Å². The van der Waals surface area contributed by atoms with E-state index >= 15 is 0 Å². The van der Waals surface area contributed by atoms with Crippen LogP contribution in [0.4, 0.5) is 9.18 Å². The number of benzene rings is 3. The molecule has 16 heteroatoms. The van der Waals surface area contributed by atoms with Gasteiger partial charge in [0.25, 0.3) is 0 Å². The topological polar surface area (TPSA) is 170 Å². The highest BCUT2D eigenvalue weighted by Gasteiger charge is 2.39. The lowest BCUT2D eigenvalue weighted by Crippen LogP contribution is -2.54. The van der Waals surface area contributed by atoms with Gasteiger partial charge in [-0.3, -0.25) is 14.4 Å². The maximum Gasteiger partial charge on any atom is 0.335 e. The second kappa shape index (κ2) is 24.1. The molecule has 0 bridgehead atoms. The number of amides is 5. The molecular formula is C48H68ClFN6O6SSi. The second-order valence-electron chi connectivity index (χ2n) is 18.6. The molecule has 0 heterocycles. The van der Waals surface area contributed by atoms with Crippen LogP contribution in [-0.4, -0.2) is 67.3 Å². The van der Waals surface area contributed by atoms with Crippen molar-refractivity contribution in [1.29, 1.82) is 0 Å². The highest BCUT2D eigenvalue weighted by Crippen LogP contribution is 2.38.